The fraction of sp³-hybridized carbons (Fsp3) is 0.545. The second-order valence-electron chi connectivity index (χ2n) is 9.64. The van der Waals surface area contributed by atoms with E-state index in [-0.39, 0.29) is 25.5 Å². The number of rotatable bonds is 14. The predicted octanol–water partition coefficient (Wildman–Crippen LogP) is 1.55. The summed E-state index contributed by atoms with van der Waals surface area (Å²) in [5, 5.41) is 0. The van der Waals surface area contributed by atoms with E-state index >= 15 is 0 Å². The van der Waals surface area contributed by atoms with Crippen LogP contribution in [0.4, 0.5) is 11.9 Å². The lowest BCUT2D eigenvalue weighted by Gasteiger charge is -2.16. The van der Waals surface area contributed by atoms with Gasteiger partial charge in [0, 0.05) is 4.57 Å². The van der Waals surface area contributed by atoms with E-state index in [9.17, 15) is 4.57 Å². The Kier molecular flexibility index (Phi) is 6.83. The minimum Gasteiger partial charge on any atom is -0.479 e. The summed E-state index contributed by atoms with van der Waals surface area (Å²) in [4.78, 5) is 25.3. The lowest BCUT2D eigenvalue weighted by atomic mass is 10.3. The Labute approximate surface area is 228 Å². The Bertz CT molecular complexity index is 1450. The summed E-state index contributed by atoms with van der Waals surface area (Å²) in [6.07, 6.45) is 6.44. The van der Waals surface area contributed by atoms with Gasteiger partial charge in [-0.25, -0.2) is 9.97 Å². The number of anilines is 2. The van der Waals surface area contributed by atoms with Crippen LogP contribution in [0.1, 0.15) is 25.7 Å². The van der Waals surface area contributed by atoms with Crippen LogP contribution in [0.25, 0.3) is 22.3 Å². The second kappa shape index (κ2) is 10.3. The van der Waals surface area contributed by atoms with Crippen molar-refractivity contribution in [3.8, 4) is 11.8 Å². The summed E-state index contributed by atoms with van der Waals surface area (Å²) in [6.45, 7) is 0.497. The number of nitrogen functional groups attached to an aromatic ring is 2. The monoisotopic (exact) mass is 575 g/mol. The van der Waals surface area contributed by atoms with Gasteiger partial charge in [0.05, 0.1) is 51.2 Å². The van der Waals surface area contributed by atoms with Crippen molar-refractivity contribution in [3.63, 3.8) is 0 Å². The molecule has 212 valence electrons. The quantitative estimate of drug-likeness (QED) is 0.161. The smallest absolute Gasteiger partial charge is 0.479 e. The zero-order chi connectivity index (χ0) is 27.9. The minimum absolute atomic E-state index is 0.0850. The van der Waals surface area contributed by atoms with Crippen LogP contribution in [-0.2, 0) is 36.2 Å². The SMILES string of the molecule is COc1nc(N)nc2c1ncn2CC1(OCO[P+](=O)OCOC2(Cn3cnc4c(OC)nc(N)nc43)CC2)CC1. The van der Waals surface area contributed by atoms with Crippen molar-refractivity contribution in [2.24, 2.45) is 0 Å². The van der Waals surface area contributed by atoms with Gasteiger partial charge >= 0.3 is 8.25 Å². The number of imidazole rings is 2. The number of hydrogen-bond donors (Lipinski definition) is 2. The maximum Gasteiger partial charge on any atom is 0.702 e. The molecule has 4 N–H and O–H groups in total. The van der Waals surface area contributed by atoms with Gasteiger partial charge in [-0.2, -0.15) is 19.9 Å². The fourth-order valence-corrected chi connectivity index (χ4v) is 4.76. The van der Waals surface area contributed by atoms with Crippen molar-refractivity contribution < 1.29 is 32.6 Å². The zero-order valence-corrected chi connectivity index (χ0v) is 22.7. The average molecular weight is 576 g/mol. The van der Waals surface area contributed by atoms with Crippen LogP contribution < -0.4 is 20.9 Å². The molecule has 0 spiro atoms. The van der Waals surface area contributed by atoms with Gasteiger partial charge in [0.25, 0.3) is 0 Å². The third-order valence-corrected chi connectivity index (χ3v) is 7.50. The highest BCUT2D eigenvalue weighted by molar-refractivity contribution is 7.33. The summed E-state index contributed by atoms with van der Waals surface area (Å²) in [5.41, 5.74) is 12.7. The van der Waals surface area contributed by atoms with Crippen LogP contribution >= 0.6 is 8.25 Å². The average Bonchev–Trinajstić information content (AvgIpc) is 3.80. The Morgan fingerprint density at radius 2 is 1.20 bits per heavy atom. The van der Waals surface area contributed by atoms with E-state index in [2.05, 4.69) is 29.9 Å². The molecule has 4 aromatic rings. The topological polar surface area (TPSA) is 212 Å². The molecule has 6 rings (SSSR count). The van der Waals surface area contributed by atoms with Crippen LogP contribution in [0.3, 0.4) is 0 Å². The van der Waals surface area contributed by atoms with E-state index in [1.807, 2.05) is 9.13 Å². The molecular weight excluding hydrogens is 547 g/mol. The third kappa shape index (κ3) is 5.33. The van der Waals surface area contributed by atoms with Crippen LogP contribution in [0.5, 0.6) is 11.8 Å². The molecule has 0 bridgehead atoms. The third-order valence-electron chi connectivity index (χ3n) is 6.86. The number of nitrogens with two attached hydrogens (primary N) is 2. The highest BCUT2D eigenvalue weighted by atomic mass is 31.1. The van der Waals surface area contributed by atoms with Crippen molar-refractivity contribution in [1.82, 2.24) is 39.0 Å². The van der Waals surface area contributed by atoms with E-state index in [0.29, 0.717) is 47.2 Å². The molecule has 0 saturated heterocycles. The number of nitrogens with zero attached hydrogens (tertiary/aromatic N) is 8. The van der Waals surface area contributed by atoms with Crippen molar-refractivity contribution >= 4 is 42.5 Å². The van der Waals surface area contributed by atoms with Crippen molar-refractivity contribution in [2.75, 3.05) is 39.3 Å². The molecule has 0 amide bonds. The van der Waals surface area contributed by atoms with Gasteiger partial charge in [-0.3, -0.25) is 0 Å². The Morgan fingerprint density at radius 3 is 1.57 bits per heavy atom. The largest absolute Gasteiger partial charge is 0.702 e. The number of methoxy groups -OCH3 is 2. The first kappa shape index (κ1) is 26.5. The predicted molar refractivity (Wildman–Crippen MR) is 138 cm³/mol. The summed E-state index contributed by atoms with van der Waals surface area (Å²) < 4.78 is 48.7. The number of hydrogen-bond acceptors (Lipinski definition) is 15. The lowest BCUT2D eigenvalue weighted by Crippen LogP contribution is -2.23. The van der Waals surface area contributed by atoms with Crippen LogP contribution in [-0.4, -0.2) is 78.0 Å². The van der Waals surface area contributed by atoms with Gasteiger partial charge < -0.3 is 39.5 Å². The van der Waals surface area contributed by atoms with E-state index in [1.54, 1.807) is 12.7 Å². The van der Waals surface area contributed by atoms with Gasteiger partial charge in [-0.1, -0.05) is 9.05 Å². The van der Waals surface area contributed by atoms with Crippen LogP contribution in [0, 0.1) is 0 Å². The highest BCUT2D eigenvalue weighted by Crippen LogP contribution is 2.44. The Morgan fingerprint density at radius 1 is 0.775 bits per heavy atom. The molecule has 18 heteroatoms. The summed E-state index contributed by atoms with van der Waals surface area (Å²) in [5.74, 6) is 0.776. The van der Waals surface area contributed by atoms with Crippen molar-refractivity contribution in [1.29, 1.82) is 0 Å². The molecule has 2 aliphatic rings. The lowest BCUT2D eigenvalue weighted by molar-refractivity contribution is -0.0808. The first-order valence-electron chi connectivity index (χ1n) is 12.4. The van der Waals surface area contributed by atoms with E-state index in [0.717, 1.165) is 25.7 Å². The van der Waals surface area contributed by atoms with Crippen LogP contribution in [0.2, 0.25) is 0 Å². The van der Waals surface area contributed by atoms with E-state index in [1.165, 1.54) is 14.2 Å². The first-order valence-corrected chi connectivity index (χ1v) is 13.5. The normalized spacial score (nSPS) is 16.9. The summed E-state index contributed by atoms with van der Waals surface area (Å²) in [6, 6.07) is 0. The molecular formula is C22H28N10O7P+. The van der Waals surface area contributed by atoms with Crippen molar-refractivity contribution in [2.45, 2.75) is 50.0 Å². The zero-order valence-electron chi connectivity index (χ0n) is 21.8. The molecule has 17 nitrogen and oxygen atoms in total. The molecule has 0 aromatic carbocycles. The van der Waals surface area contributed by atoms with Gasteiger partial charge in [0.1, 0.15) is 0 Å². The van der Waals surface area contributed by atoms with E-state index in [4.69, 9.17) is 39.5 Å². The number of aromatic nitrogens is 8. The van der Waals surface area contributed by atoms with E-state index < -0.39 is 19.5 Å². The standard InChI is InChI=1S/C22H28N10O7P/c1-34-17-13-15(27-19(23)29-17)31(9-25-13)7-21(3-4-21)36-11-38-40(33)39-12-37-22(5-6-22)8-32-10-26-14-16(32)28-20(24)30-18(14)35-2/h9-10H,3-8,11-12H2,1-2H3,(H2,23,27,29)(H2,24,28,30)/q+1. The Hall–Kier alpha value is -3.76. The summed E-state index contributed by atoms with van der Waals surface area (Å²) >= 11 is 0. The summed E-state index contributed by atoms with van der Waals surface area (Å²) in [7, 11) is 0.531. The second-order valence-corrected chi connectivity index (χ2v) is 10.6. The molecule has 4 heterocycles. The number of fused-ring (bicyclic) bond motifs is 2. The molecule has 0 aliphatic heterocycles. The molecule has 4 aromatic heterocycles. The highest BCUT2D eigenvalue weighted by Gasteiger charge is 2.47. The molecule has 2 saturated carbocycles. The Balaban J connectivity index is 0.971. The molecule has 0 atom stereocenters. The van der Waals surface area contributed by atoms with Crippen molar-refractivity contribution in [3.05, 3.63) is 12.7 Å². The maximum atomic E-state index is 12.3. The number of ether oxygens (including phenoxy) is 4. The molecule has 0 unspecified atom stereocenters. The first-order chi connectivity index (χ1) is 19.3. The fourth-order valence-electron chi connectivity index (χ4n) is 4.41. The molecule has 2 fully saturated rings. The molecule has 40 heavy (non-hydrogen) atoms. The molecule has 2 aliphatic carbocycles. The maximum absolute atomic E-state index is 12.3. The van der Waals surface area contributed by atoms with Gasteiger partial charge in [0.15, 0.2) is 22.3 Å². The van der Waals surface area contributed by atoms with Gasteiger partial charge in [-0.15, -0.1) is 0 Å². The van der Waals surface area contributed by atoms with Gasteiger partial charge in [0.2, 0.25) is 37.2 Å². The van der Waals surface area contributed by atoms with Gasteiger partial charge in [-0.05, 0) is 25.7 Å². The van der Waals surface area contributed by atoms with Crippen LogP contribution in [0.15, 0.2) is 12.7 Å². The molecule has 0 radical (unpaired) electrons. The minimum atomic E-state index is -2.46.